The minimum Gasteiger partial charge on any atom is -0.478 e. The Labute approximate surface area is 151 Å². The zero-order chi connectivity index (χ0) is 18.5. The van der Waals surface area contributed by atoms with E-state index < -0.39 is 5.97 Å². The van der Waals surface area contributed by atoms with Crippen molar-refractivity contribution in [2.24, 2.45) is 0 Å². The van der Waals surface area contributed by atoms with Crippen LogP contribution in [-0.4, -0.2) is 58.7 Å². The first-order valence-electron chi connectivity index (χ1n) is 8.51. The van der Waals surface area contributed by atoms with Crippen LogP contribution in [0.4, 0.5) is 0 Å². The fourth-order valence-electron chi connectivity index (χ4n) is 3.28. The minimum absolute atomic E-state index is 0.0200. The van der Waals surface area contributed by atoms with Crippen molar-refractivity contribution in [1.29, 1.82) is 0 Å². The summed E-state index contributed by atoms with van der Waals surface area (Å²) >= 11 is 0. The first-order chi connectivity index (χ1) is 12.6. The Kier molecular flexibility index (Phi) is 5.58. The molecule has 1 amide bonds. The van der Waals surface area contributed by atoms with E-state index in [0.29, 0.717) is 6.54 Å². The van der Waals surface area contributed by atoms with E-state index in [4.69, 9.17) is 9.84 Å². The molecule has 1 N–H and O–H groups in total. The molecule has 0 bridgehead atoms. The van der Waals surface area contributed by atoms with E-state index in [-0.39, 0.29) is 24.0 Å². The second kappa shape index (κ2) is 8.05. The maximum atomic E-state index is 12.1. The van der Waals surface area contributed by atoms with E-state index in [9.17, 15) is 9.59 Å². The predicted molar refractivity (Wildman–Crippen MR) is 94.9 cm³/mol. The molecule has 1 aromatic carbocycles. The number of rotatable bonds is 5. The smallest absolute Gasteiger partial charge is 0.335 e. The highest BCUT2D eigenvalue weighted by molar-refractivity contribution is 5.88. The number of hydrogen-bond donors (Lipinski definition) is 1. The number of likely N-dealkylation sites (tertiary alicyclic amines) is 1. The van der Waals surface area contributed by atoms with Crippen molar-refractivity contribution in [2.45, 2.75) is 18.8 Å². The zero-order valence-corrected chi connectivity index (χ0v) is 14.6. The van der Waals surface area contributed by atoms with Crippen LogP contribution in [-0.2, 0) is 9.53 Å². The third kappa shape index (κ3) is 3.88. The van der Waals surface area contributed by atoms with Crippen LogP contribution in [0.25, 0.3) is 11.3 Å². The number of amides is 1. The molecule has 26 heavy (non-hydrogen) atoms. The van der Waals surface area contributed by atoms with Gasteiger partial charge in [-0.1, -0.05) is 12.1 Å². The molecule has 3 rings (SSSR count). The SMILES string of the molecule is COCC(=O)N1CCC[C@H](c2nccnc2-c2ccc(C(=O)O)cc2)C1. The van der Waals surface area contributed by atoms with Gasteiger partial charge in [-0.05, 0) is 25.0 Å². The van der Waals surface area contributed by atoms with Gasteiger partial charge in [0.25, 0.3) is 0 Å². The van der Waals surface area contributed by atoms with Crippen molar-refractivity contribution in [3.8, 4) is 11.3 Å². The highest BCUT2D eigenvalue weighted by Gasteiger charge is 2.27. The van der Waals surface area contributed by atoms with E-state index in [1.165, 1.54) is 7.11 Å². The average molecular weight is 355 g/mol. The zero-order valence-electron chi connectivity index (χ0n) is 14.6. The van der Waals surface area contributed by atoms with Crippen LogP contribution >= 0.6 is 0 Å². The molecule has 1 fully saturated rings. The molecule has 7 heteroatoms. The number of carboxylic acid groups (broad SMARTS) is 1. The lowest BCUT2D eigenvalue weighted by atomic mass is 9.91. The van der Waals surface area contributed by atoms with Gasteiger partial charge in [-0.3, -0.25) is 14.8 Å². The molecular weight excluding hydrogens is 334 g/mol. The lowest BCUT2D eigenvalue weighted by Gasteiger charge is -2.33. The number of aromatic nitrogens is 2. The Morgan fingerprint density at radius 3 is 2.65 bits per heavy atom. The molecule has 2 aromatic rings. The second-order valence-electron chi connectivity index (χ2n) is 6.28. The summed E-state index contributed by atoms with van der Waals surface area (Å²) in [5.41, 5.74) is 2.62. The van der Waals surface area contributed by atoms with Gasteiger partial charge in [-0.2, -0.15) is 0 Å². The topological polar surface area (TPSA) is 92.6 Å². The highest BCUT2D eigenvalue weighted by atomic mass is 16.5. The maximum absolute atomic E-state index is 12.1. The summed E-state index contributed by atoms with van der Waals surface area (Å²) in [6.45, 7) is 1.39. The maximum Gasteiger partial charge on any atom is 0.335 e. The van der Waals surface area contributed by atoms with Crippen LogP contribution in [0.1, 0.15) is 34.8 Å². The molecule has 0 saturated carbocycles. The quantitative estimate of drug-likeness (QED) is 0.884. The summed E-state index contributed by atoms with van der Waals surface area (Å²) < 4.78 is 4.95. The first kappa shape index (κ1) is 18.0. The molecule has 0 unspecified atom stereocenters. The monoisotopic (exact) mass is 355 g/mol. The molecular formula is C19H21N3O4. The third-order valence-electron chi connectivity index (χ3n) is 4.56. The number of carbonyl (C=O) groups excluding carboxylic acids is 1. The normalized spacial score (nSPS) is 17.1. The van der Waals surface area contributed by atoms with Gasteiger partial charge >= 0.3 is 5.97 Å². The van der Waals surface area contributed by atoms with Gasteiger partial charge < -0.3 is 14.7 Å². The summed E-state index contributed by atoms with van der Waals surface area (Å²) in [4.78, 5) is 34.0. The number of benzene rings is 1. The van der Waals surface area contributed by atoms with E-state index in [0.717, 1.165) is 36.3 Å². The highest BCUT2D eigenvalue weighted by Crippen LogP contribution is 2.31. The number of aromatic carboxylic acids is 1. The van der Waals surface area contributed by atoms with Gasteiger partial charge in [0.15, 0.2) is 0 Å². The number of nitrogens with zero attached hydrogens (tertiary/aromatic N) is 3. The van der Waals surface area contributed by atoms with Crippen LogP contribution in [0.15, 0.2) is 36.7 Å². The minimum atomic E-state index is -0.963. The molecule has 1 atom stereocenters. The largest absolute Gasteiger partial charge is 0.478 e. The number of hydrogen-bond acceptors (Lipinski definition) is 5. The van der Waals surface area contributed by atoms with Crippen molar-refractivity contribution >= 4 is 11.9 Å². The predicted octanol–water partition coefficient (Wildman–Crippen LogP) is 2.19. The molecule has 136 valence electrons. The molecule has 1 aliphatic rings. The Hall–Kier alpha value is -2.80. The summed E-state index contributed by atoms with van der Waals surface area (Å²) in [7, 11) is 1.51. The Morgan fingerprint density at radius 1 is 1.23 bits per heavy atom. The molecule has 1 saturated heterocycles. The van der Waals surface area contributed by atoms with Gasteiger partial charge in [-0.25, -0.2) is 4.79 Å². The fraction of sp³-hybridized carbons (Fsp3) is 0.368. The van der Waals surface area contributed by atoms with Crippen LogP contribution in [0.5, 0.6) is 0 Å². The van der Waals surface area contributed by atoms with E-state index in [1.807, 2.05) is 4.90 Å². The number of carbonyl (C=O) groups is 2. The van der Waals surface area contributed by atoms with E-state index in [2.05, 4.69) is 9.97 Å². The number of piperidine rings is 1. The number of ether oxygens (including phenoxy) is 1. The van der Waals surface area contributed by atoms with Crippen molar-refractivity contribution in [3.63, 3.8) is 0 Å². The second-order valence-corrected chi connectivity index (χ2v) is 6.28. The molecule has 0 spiro atoms. The molecule has 7 nitrogen and oxygen atoms in total. The van der Waals surface area contributed by atoms with Crippen molar-refractivity contribution < 1.29 is 19.4 Å². The summed E-state index contributed by atoms with van der Waals surface area (Å²) in [6, 6.07) is 6.61. The van der Waals surface area contributed by atoms with Crippen molar-refractivity contribution in [3.05, 3.63) is 47.9 Å². The molecule has 1 aromatic heterocycles. The number of carboxylic acids is 1. The van der Waals surface area contributed by atoms with Crippen LogP contribution in [0.3, 0.4) is 0 Å². The van der Waals surface area contributed by atoms with Gasteiger partial charge in [-0.15, -0.1) is 0 Å². The van der Waals surface area contributed by atoms with Gasteiger partial charge in [0.2, 0.25) is 5.91 Å². The third-order valence-corrected chi connectivity index (χ3v) is 4.56. The molecule has 2 heterocycles. The lowest BCUT2D eigenvalue weighted by Crippen LogP contribution is -2.41. The van der Waals surface area contributed by atoms with Gasteiger partial charge in [0, 0.05) is 44.1 Å². The first-order valence-corrected chi connectivity index (χ1v) is 8.51. The van der Waals surface area contributed by atoms with Crippen LogP contribution in [0, 0.1) is 0 Å². The summed E-state index contributed by atoms with van der Waals surface area (Å²) in [5, 5.41) is 9.05. The van der Waals surface area contributed by atoms with Crippen molar-refractivity contribution in [1.82, 2.24) is 14.9 Å². The Morgan fingerprint density at radius 2 is 1.96 bits per heavy atom. The lowest BCUT2D eigenvalue weighted by molar-refractivity contribution is -0.136. The van der Waals surface area contributed by atoms with Gasteiger partial charge in [0.1, 0.15) is 6.61 Å². The molecule has 1 aliphatic heterocycles. The summed E-state index contributed by atoms with van der Waals surface area (Å²) in [6.07, 6.45) is 5.10. The van der Waals surface area contributed by atoms with Crippen molar-refractivity contribution in [2.75, 3.05) is 26.8 Å². The Balaban J connectivity index is 1.87. The molecule has 0 aliphatic carbocycles. The Bertz CT molecular complexity index is 792. The fourth-order valence-corrected chi connectivity index (χ4v) is 3.28. The standard InChI is InChI=1S/C19H21N3O4/c1-26-12-16(23)22-10-2-3-15(11-22)18-17(20-8-9-21-18)13-4-6-14(7-5-13)19(24)25/h4-9,15H,2-3,10-12H2,1H3,(H,24,25)/t15-/m0/s1. The average Bonchev–Trinajstić information content (AvgIpc) is 2.68. The van der Waals surface area contributed by atoms with E-state index in [1.54, 1.807) is 36.7 Å². The van der Waals surface area contributed by atoms with Crippen LogP contribution < -0.4 is 0 Å². The van der Waals surface area contributed by atoms with Crippen LogP contribution in [0.2, 0.25) is 0 Å². The summed E-state index contributed by atoms with van der Waals surface area (Å²) in [5.74, 6) is -0.892. The van der Waals surface area contributed by atoms with Gasteiger partial charge in [0.05, 0.1) is 17.0 Å². The number of methoxy groups -OCH3 is 1. The van der Waals surface area contributed by atoms with E-state index >= 15 is 0 Å². The molecule has 0 radical (unpaired) electrons.